The molecule has 4 aromatic rings. The molecule has 2 aromatic heterocycles. The van der Waals surface area contributed by atoms with E-state index in [4.69, 9.17) is 4.74 Å². The summed E-state index contributed by atoms with van der Waals surface area (Å²) >= 11 is 0. The van der Waals surface area contributed by atoms with Gasteiger partial charge in [0.05, 0.1) is 11.9 Å². The summed E-state index contributed by atoms with van der Waals surface area (Å²) in [5, 5.41) is 15.4. The van der Waals surface area contributed by atoms with Gasteiger partial charge in [0.15, 0.2) is 5.82 Å². The first kappa shape index (κ1) is 18.8. The number of rotatable bonds is 4. The number of carboxylic acid groups (broad SMARTS) is 1. The zero-order valence-corrected chi connectivity index (χ0v) is 16.1. The molecule has 0 bridgehead atoms. The van der Waals surface area contributed by atoms with Crippen molar-refractivity contribution < 1.29 is 23.8 Å². The van der Waals surface area contributed by atoms with Crippen molar-refractivity contribution in [1.29, 1.82) is 0 Å². The molecule has 5 rings (SSSR count). The van der Waals surface area contributed by atoms with Gasteiger partial charge in [-0.05, 0) is 28.3 Å². The molecule has 0 saturated heterocycles. The highest BCUT2D eigenvalue weighted by Crippen LogP contribution is 2.44. The predicted molar refractivity (Wildman–Crippen MR) is 111 cm³/mol. The van der Waals surface area contributed by atoms with Crippen LogP contribution in [0.5, 0.6) is 0 Å². The predicted octanol–water partition coefficient (Wildman–Crippen LogP) is 4.53. The van der Waals surface area contributed by atoms with Crippen molar-refractivity contribution >= 4 is 23.3 Å². The largest absolute Gasteiger partial charge is 0.478 e. The molecule has 7 nitrogen and oxygen atoms in total. The molecule has 0 aliphatic heterocycles. The van der Waals surface area contributed by atoms with Crippen LogP contribution in [0.4, 0.5) is 14.9 Å². The number of anilines is 1. The molecule has 1 aliphatic carbocycles. The number of nitrogens with one attached hydrogen (secondary N) is 1. The van der Waals surface area contributed by atoms with Crippen LogP contribution >= 0.6 is 0 Å². The minimum atomic E-state index is -1.31. The number of nitrogens with zero attached hydrogens (tertiary/aromatic N) is 2. The summed E-state index contributed by atoms with van der Waals surface area (Å²) in [6.07, 6.45) is 1.59. The van der Waals surface area contributed by atoms with Crippen molar-refractivity contribution in [1.82, 2.24) is 9.61 Å². The van der Waals surface area contributed by atoms with Crippen molar-refractivity contribution in [2.45, 2.75) is 5.92 Å². The fraction of sp³-hybridized carbons (Fsp3) is 0.0870. The van der Waals surface area contributed by atoms with Gasteiger partial charge >= 0.3 is 12.1 Å². The molecular weight excluding hydrogens is 401 g/mol. The third-order valence-corrected chi connectivity index (χ3v) is 5.43. The molecule has 0 unspecified atom stereocenters. The highest BCUT2D eigenvalue weighted by Gasteiger charge is 2.29. The third kappa shape index (κ3) is 3.09. The van der Waals surface area contributed by atoms with Gasteiger partial charge in [-0.2, -0.15) is 5.10 Å². The van der Waals surface area contributed by atoms with Gasteiger partial charge in [0.2, 0.25) is 0 Å². The van der Waals surface area contributed by atoms with Crippen LogP contribution in [-0.2, 0) is 4.74 Å². The smallest absolute Gasteiger partial charge is 0.411 e. The molecule has 0 atom stereocenters. The summed E-state index contributed by atoms with van der Waals surface area (Å²) in [5.74, 6) is -2.34. The summed E-state index contributed by atoms with van der Waals surface area (Å²) < 4.78 is 21.3. The Kier molecular flexibility index (Phi) is 4.39. The first-order valence-corrected chi connectivity index (χ1v) is 9.55. The van der Waals surface area contributed by atoms with Gasteiger partial charge in [0, 0.05) is 12.1 Å². The van der Waals surface area contributed by atoms with E-state index in [2.05, 4.69) is 10.4 Å². The topological polar surface area (TPSA) is 92.9 Å². The molecule has 2 aromatic carbocycles. The summed E-state index contributed by atoms with van der Waals surface area (Å²) in [6.45, 7) is 0.0801. The molecule has 0 saturated carbocycles. The first-order chi connectivity index (χ1) is 15.0. The van der Waals surface area contributed by atoms with Crippen LogP contribution < -0.4 is 5.32 Å². The van der Waals surface area contributed by atoms with Crippen LogP contribution in [0, 0.1) is 5.82 Å². The van der Waals surface area contributed by atoms with Crippen molar-refractivity contribution in [3.8, 4) is 11.1 Å². The average molecular weight is 417 g/mol. The van der Waals surface area contributed by atoms with Gasteiger partial charge < -0.3 is 9.84 Å². The number of carbonyl (C=O) groups excluding carboxylic acids is 1. The van der Waals surface area contributed by atoms with Crippen LogP contribution in [-0.4, -0.2) is 33.4 Å². The lowest BCUT2D eigenvalue weighted by Gasteiger charge is -2.15. The van der Waals surface area contributed by atoms with Crippen LogP contribution in [0.1, 0.15) is 27.4 Å². The van der Waals surface area contributed by atoms with Gasteiger partial charge in [-0.1, -0.05) is 48.5 Å². The van der Waals surface area contributed by atoms with E-state index >= 15 is 0 Å². The Morgan fingerprint density at radius 2 is 1.71 bits per heavy atom. The quantitative estimate of drug-likeness (QED) is 0.509. The molecule has 8 heteroatoms. The number of carbonyl (C=O) groups is 2. The summed E-state index contributed by atoms with van der Waals surface area (Å²) in [6, 6.07) is 17.2. The average Bonchev–Trinajstić information content (AvgIpc) is 3.34. The Labute approximate surface area is 175 Å². The normalized spacial score (nSPS) is 12.4. The number of hydrogen-bond acceptors (Lipinski definition) is 4. The Hall–Kier alpha value is -4.20. The number of pyridine rings is 1. The minimum Gasteiger partial charge on any atom is -0.478 e. The maximum Gasteiger partial charge on any atom is 0.411 e. The number of aromatic carboxylic acids is 1. The number of aromatic nitrogens is 2. The lowest BCUT2D eigenvalue weighted by molar-refractivity contribution is 0.0698. The maximum atomic E-state index is 14.8. The van der Waals surface area contributed by atoms with E-state index in [0.717, 1.165) is 33.0 Å². The van der Waals surface area contributed by atoms with E-state index in [-0.39, 0.29) is 29.3 Å². The minimum absolute atomic E-state index is 0.0801. The number of ether oxygens (including phenoxy) is 1. The second kappa shape index (κ2) is 7.24. The summed E-state index contributed by atoms with van der Waals surface area (Å²) in [7, 11) is 0. The van der Waals surface area contributed by atoms with Crippen LogP contribution in [0.15, 0.2) is 67.0 Å². The standard InChI is InChI=1S/C23H16FN3O4/c24-20-19(9-10-27-21(20)17(11-25-27)22(28)29)26-23(30)31-12-18-15-7-3-1-5-13(15)14-6-2-4-8-16(14)18/h1-11,18H,12H2,(H,26,30)(H,28,29). The molecule has 154 valence electrons. The number of hydrogen-bond donors (Lipinski definition) is 2. The lowest BCUT2D eigenvalue weighted by atomic mass is 9.98. The fourth-order valence-electron chi connectivity index (χ4n) is 4.04. The van der Waals surface area contributed by atoms with Gasteiger partial charge in [0.1, 0.15) is 17.7 Å². The molecule has 0 fully saturated rings. The molecule has 31 heavy (non-hydrogen) atoms. The molecule has 1 amide bonds. The van der Waals surface area contributed by atoms with Gasteiger partial charge in [-0.3, -0.25) is 5.32 Å². The Morgan fingerprint density at radius 3 is 2.35 bits per heavy atom. The third-order valence-electron chi connectivity index (χ3n) is 5.43. The van der Waals surface area contributed by atoms with Crippen LogP contribution in [0.3, 0.4) is 0 Å². The zero-order valence-electron chi connectivity index (χ0n) is 16.1. The van der Waals surface area contributed by atoms with Gasteiger partial charge in [0.25, 0.3) is 0 Å². The van der Waals surface area contributed by atoms with E-state index in [1.165, 1.54) is 12.3 Å². The highest BCUT2D eigenvalue weighted by molar-refractivity contribution is 5.97. The van der Waals surface area contributed by atoms with Crippen molar-refractivity contribution in [3.63, 3.8) is 0 Å². The van der Waals surface area contributed by atoms with Crippen molar-refractivity contribution in [2.75, 3.05) is 11.9 Å². The SMILES string of the molecule is O=C(Nc1ccn2ncc(C(=O)O)c2c1F)OCC1c2ccccc2-c2ccccc21. The maximum absolute atomic E-state index is 14.8. The van der Waals surface area contributed by atoms with E-state index in [0.29, 0.717) is 0 Å². The van der Waals surface area contributed by atoms with Gasteiger partial charge in [-0.15, -0.1) is 0 Å². The lowest BCUT2D eigenvalue weighted by Crippen LogP contribution is -2.19. The van der Waals surface area contributed by atoms with Gasteiger partial charge in [-0.25, -0.2) is 18.5 Å². The van der Waals surface area contributed by atoms with E-state index in [9.17, 15) is 19.1 Å². The van der Waals surface area contributed by atoms with Crippen LogP contribution in [0.2, 0.25) is 0 Å². The number of amides is 1. The summed E-state index contributed by atoms with van der Waals surface area (Å²) in [4.78, 5) is 23.7. The number of benzene rings is 2. The highest BCUT2D eigenvalue weighted by atomic mass is 19.1. The van der Waals surface area contributed by atoms with E-state index < -0.39 is 17.9 Å². The Morgan fingerprint density at radius 1 is 1.06 bits per heavy atom. The molecular formula is C23H16FN3O4. The molecule has 0 radical (unpaired) electrons. The second-order valence-corrected chi connectivity index (χ2v) is 7.15. The van der Waals surface area contributed by atoms with E-state index in [1.54, 1.807) is 0 Å². The Balaban J connectivity index is 1.36. The summed E-state index contributed by atoms with van der Waals surface area (Å²) in [5.41, 5.74) is 3.62. The second-order valence-electron chi connectivity index (χ2n) is 7.15. The number of carboxylic acids is 1. The van der Waals surface area contributed by atoms with Crippen molar-refractivity contribution in [3.05, 3.63) is 89.5 Å². The van der Waals surface area contributed by atoms with Crippen molar-refractivity contribution in [2.24, 2.45) is 0 Å². The fourth-order valence-corrected chi connectivity index (χ4v) is 4.04. The monoisotopic (exact) mass is 417 g/mol. The Bertz CT molecular complexity index is 1300. The van der Waals surface area contributed by atoms with Crippen LogP contribution in [0.25, 0.3) is 16.6 Å². The molecule has 0 spiro atoms. The van der Waals surface area contributed by atoms with E-state index in [1.807, 2.05) is 48.5 Å². The first-order valence-electron chi connectivity index (χ1n) is 9.55. The zero-order chi connectivity index (χ0) is 21.5. The molecule has 2 N–H and O–H groups in total. The number of fused-ring (bicyclic) bond motifs is 4. The molecule has 2 heterocycles. The molecule has 1 aliphatic rings. The number of halogens is 1.